The van der Waals surface area contributed by atoms with Crippen LogP contribution >= 0.6 is 12.6 Å². The SMILES string of the molecule is C=CCC1=CC(C(C)(C)C)CC(CS)=C1O. The highest BCUT2D eigenvalue weighted by Crippen LogP contribution is 2.39. The number of thiol groups is 1. The maximum absolute atomic E-state index is 10.1. The van der Waals surface area contributed by atoms with Gasteiger partial charge in [-0.2, -0.15) is 12.6 Å². The topological polar surface area (TPSA) is 20.2 Å². The first-order valence-electron chi connectivity index (χ1n) is 5.74. The monoisotopic (exact) mass is 238 g/mol. The van der Waals surface area contributed by atoms with E-state index in [1.54, 1.807) is 0 Å². The van der Waals surface area contributed by atoms with Gasteiger partial charge in [0, 0.05) is 5.75 Å². The Kier molecular flexibility index (Phi) is 4.31. The number of aliphatic hydroxyl groups excluding tert-OH is 1. The Morgan fingerprint density at radius 3 is 2.62 bits per heavy atom. The molecular weight excluding hydrogens is 216 g/mol. The molecule has 0 aromatic heterocycles. The van der Waals surface area contributed by atoms with Gasteiger partial charge in [0.25, 0.3) is 0 Å². The van der Waals surface area contributed by atoms with E-state index in [0.717, 1.165) is 24.0 Å². The second-order valence-corrected chi connectivity index (χ2v) is 5.79. The van der Waals surface area contributed by atoms with Crippen LogP contribution in [0.25, 0.3) is 0 Å². The van der Waals surface area contributed by atoms with Crippen LogP contribution in [-0.2, 0) is 0 Å². The molecule has 2 heteroatoms. The van der Waals surface area contributed by atoms with E-state index in [1.165, 1.54) is 0 Å². The zero-order valence-electron chi connectivity index (χ0n) is 10.5. The van der Waals surface area contributed by atoms with E-state index in [9.17, 15) is 5.11 Å². The molecule has 1 aliphatic rings. The Labute approximate surface area is 104 Å². The van der Waals surface area contributed by atoms with Crippen molar-refractivity contribution >= 4 is 12.6 Å². The Bertz CT molecular complexity index is 331. The second-order valence-electron chi connectivity index (χ2n) is 5.47. The van der Waals surface area contributed by atoms with Crippen LogP contribution in [0.3, 0.4) is 0 Å². The molecule has 1 N–H and O–H groups in total. The molecule has 0 aromatic carbocycles. The second kappa shape index (κ2) is 5.13. The lowest BCUT2D eigenvalue weighted by Crippen LogP contribution is -2.23. The molecule has 1 nitrogen and oxygen atoms in total. The van der Waals surface area contributed by atoms with Crippen molar-refractivity contribution < 1.29 is 5.11 Å². The van der Waals surface area contributed by atoms with Gasteiger partial charge in [-0.25, -0.2) is 0 Å². The van der Waals surface area contributed by atoms with E-state index in [4.69, 9.17) is 0 Å². The molecule has 16 heavy (non-hydrogen) atoms. The molecule has 0 aliphatic heterocycles. The number of allylic oxidation sites excluding steroid dienone is 3. The first-order valence-corrected chi connectivity index (χ1v) is 6.37. The fourth-order valence-corrected chi connectivity index (χ4v) is 2.26. The summed E-state index contributed by atoms with van der Waals surface area (Å²) in [5, 5.41) is 10.1. The van der Waals surface area contributed by atoms with Gasteiger partial charge < -0.3 is 5.11 Å². The first-order chi connectivity index (χ1) is 7.40. The van der Waals surface area contributed by atoms with Crippen molar-refractivity contribution in [2.45, 2.75) is 33.6 Å². The number of rotatable bonds is 3. The molecule has 0 fully saturated rings. The Morgan fingerprint density at radius 1 is 1.56 bits per heavy atom. The third-order valence-electron chi connectivity index (χ3n) is 3.18. The third kappa shape index (κ3) is 2.94. The van der Waals surface area contributed by atoms with Gasteiger partial charge in [0.15, 0.2) is 0 Å². The highest BCUT2D eigenvalue weighted by Gasteiger charge is 2.28. The summed E-state index contributed by atoms with van der Waals surface area (Å²) in [5.41, 5.74) is 2.29. The molecule has 0 radical (unpaired) electrons. The molecule has 1 aliphatic carbocycles. The summed E-state index contributed by atoms with van der Waals surface area (Å²) in [7, 11) is 0. The Hall–Kier alpha value is -0.630. The van der Waals surface area contributed by atoms with Crippen molar-refractivity contribution in [2.24, 2.45) is 11.3 Å². The lowest BCUT2D eigenvalue weighted by Gasteiger charge is -2.33. The molecule has 0 spiro atoms. The largest absolute Gasteiger partial charge is 0.508 e. The predicted octanol–water partition coefficient (Wildman–Crippen LogP) is 4.30. The fourth-order valence-electron chi connectivity index (χ4n) is 1.99. The molecule has 0 saturated carbocycles. The van der Waals surface area contributed by atoms with Crippen molar-refractivity contribution in [3.8, 4) is 0 Å². The molecule has 90 valence electrons. The summed E-state index contributed by atoms with van der Waals surface area (Å²) in [5.74, 6) is 1.54. The first kappa shape index (κ1) is 13.4. The summed E-state index contributed by atoms with van der Waals surface area (Å²) in [4.78, 5) is 0. The van der Waals surface area contributed by atoms with Gasteiger partial charge in [0.05, 0.1) is 0 Å². The molecule has 1 atom stereocenters. The molecule has 0 aromatic rings. The van der Waals surface area contributed by atoms with Gasteiger partial charge in [-0.05, 0) is 35.3 Å². The van der Waals surface area contributed by atoms with Crippen LogP contribution in [0.1, 0.15) is 33.6 Å². The van der Waals surface area contributed by atoms with E-state index in [1.807, 2.05) is 6.08 Å². The normalized spacial score (nSPS) is 22.0. The van der Waals surface area contributed by atoms with Gasteiger partial charge >= 0.3 is 0 Å². The van der Waals surface area contributed by atoms with Gasteiger partial charge in [-0.15, -0.1) is 6.58 Å². The maximum atomic E-state index is 10.1. The van der Waals surface area contributed by atoms with Gasteiger partial charge in [-0.1, -0.05) is 32.9 Å². The van der Waals surface area contributed by atoms with Crippen molar-refractivity contribution in [3.63, 3.8) is 0 Å². The minimum absolute atomic E-state index is 0.224. The van der Waals surface area contributed by atoms with E-state index in [0.29, 0.717) is 17.4 Å². The molecule has 1 rings (SSSR count). The fraction of sp³-hybridized carbons (Fsp3) is 0.571. The molecule has 0 saturated heterocycles. The smallest absolute Gasteiger partial charge is 0.118 e. The van der Waals surface area contributed by atoms with E-state index >= 15 is 0 Å². The van der Waals surface area contributed by atoms with E-state index in [2.05, 4.69) is 46.1 Å². The summed E-state index contributed by atoms with van der Waals surface area (Å²) < 4.78 is 0. The maximum Gasteiger partial charge on any atom is 0.118 e. The van der Waals surface area contributed by atoms with Gasteiger partial charge in [0.2, 0.25) is 0 Å². The van der Waals surface area contributed by atoms with E-state index in [-0.39, 0.29) is 5.41 Å². The molecule has 1 unspecified atom stereocenters. The summed E-state index contributed by atoms with van der Waals surface area (Å²) in [6.07, 6.45) is 5.68. The highest BCUT2D eigenvalue weighted by molar-refractivity contribution is 7.80. The standard InChI is InChI=1S/C14H22OS/c1-5-6-10-7-12(14(2,3)4)8-11(9-16)13(10)15/h5,7,12,15-16H,1,6,8-9H2,2-4H3. The minimum atomic E-state index is 0.224. The van der Waals surface area contributed by atoms with Crippen LogP contribution in [0.15, 0.2) is 35.6 Å². The van der Waals surface area contributed by atoms with E-state index < -0.39 is 0 Å². The molecule has 0 bridgehead atoms. The highest BCUT2D eigenvalue weighted by atomic mass is 32.1. The van der Waals surface area contributed by atoms with Crippen molar-refractivity contribution in [1.82, 2.24) is 0 Å². The zero-order valence-corrected chi connectivity index (χ0v) is 11.3. The summed E-state index contributed by atoms with van der Waals surface area (Å²) in [6.45, 7) is 10.4. The average Bonchev–Trinajstić information content (AvgIpc) is 2.19. The molecular formula is C14H22OS. The van der Waals surface area contributed by atoms with Crippen molar-refractivity contribution in [2.75, 3.05) is 5.75 Å². The van der Waals surface area contributed by atoms with Crippen LogP contribution in [0.2, 0.25) is 0 Å². The third-order valence-corrected chi connectivity index (χ3v) is 3.56. The molecule has 0 amide bonds. The Balaban J connectivity index is 3.04. The van der Waals surface area contributed by atoms with Crippen LogP contribution in [0, 0.1) is 11.3 Å². The summed E-state index contributed by atoms with van der Waals surface area (Å²) >= 11 is 4.30. The average molecular weight is 238 g/mol. The van der Waals surface area contributed by atoms with Crippen molar-refractivity contribution in [1.29, 1.82) is 0 Å². The van der Waals surface area contributed by atoms with Crippen LogP contribution in [0.5, 0.6) is 0 Å². The minimum Gasteiger partial charge on any atom is -0.508 e. The lowest BCUT2D eigenvalue weighted by molar-refractivity contribution is 0.278. The molecule has 0 heterocycles. The number of hydrogen-bond donors (Lipinski definition) is 2. The van der Waals surface area contributed by atoms with Gasteiger partial charge in [-0.3, -0.25) is 0 Å². The lowest BCUT2D eigenvalue weighted by atomic mass is 9.73. The van der Waals surface area contributed by atoms with Crippen LogP contribution in [-0.4, -0.2) is 10.9 Å². The number of hydrogen-bond acceptors (Lipinski definition) is 2. The van der Waals surface area contributed by atoms with Crippen molar-refractivity contribution in [3.05, 3.63) is 35.6 Å². The van der Waals surface area contributed by atoms with Gasteiger partial charge in [0.1, 0.15) is 5.76 Å². The summed E-state index contributed by atoms with van der Waals surface area (Å²) in [6, 6.07) is 0. The Morgan fingerprint density at radius 2 is 2.19 bits per heavy atom. The van der Waals surface area contributed by atoms with Crippen LogP contribution < -0.4 is 0 Å². The predicted molar refractivity (Wildman–Crippen MR) is 74.0 cm³/mol. The number of aliphatic hydroxyl groups is 1. The zero-order chi connectivity index (χ0) is 12.3. The quantitative estimate of drug-likeness (QED) is 0.555. The van der Waals surface area contributed by atoms with Crippen LogP contribution in [0.4, 0.5) is 0 Å².